The summed E-state index contributed by atoms with van der Waals surface area (Å²) < 4.78 is 5.16. The van der Waals surface area contributed by atoms with Crippen LogP contribution in [-0.2, 0) is 9.53 Å². The molecular weight excluding hydrogens is 260 g/mol. The molecule has 0 saturated heterocycles. The third-order valence-electron chi connectivity index (χ3n) is 3.74. The maximum absolute atomic E-state index is 11.4. The van der Waals surface area contributed by atoms with E-state index in [9.17, 15) is 4.79 Å². The highest BCUT2D eigenvalue weighted by Gasteiger charge is 2.03. The first kappa shape index (κ1) is 20.5. The Hall–Kier alpha value is -0.530. The van der Waals surface area contributed by atoms with Crippen molar-refractivity contribution in [3.05, 3.63) is 0 Å². The molecule has 0 bridgehead atoms. The lowest BCUT2D eigenvalue weighted by Crippen LogP contribution is -2.09. The molecule has 0 aromatic carbocycles. The van der Waals surface area contributed by atoms with Crippen molar-refractivity contribution in [1.29, 1.82) is 0 Å². The standard InChI is InChI=1S/C19H38O2/c1-17(2)14-12-10-8-6-5-7-9-11-13-15-19(20)21-16-18(3)4/h17-18H,5-16H2,1-4H3. The number of rotatable bonds is 14. The summed E-state index contributed by atoms with van der Waals surface area (Å²) >= 11 is 0. The summed E-state index contributed by atoms with van der Waals surface area (Å²) in [6, 6.07) is 0. The average Bonchev–Trinajstić information content (AvgIpc) is 2.42. The van der Waals surface area contributed by atoms with Crippen LogP contribution in [0.15, 0.2) is 0 Å². The van der Waals surface area contributed by atoms with Gasteiger partial charge in [0.05, 0.1) is 6.61 Å². The molecule has 0 unspecified atom stereocenters. The Bertz CT molecular complexity index is 234. The summed E-state index contributed by atoms with van der Waals surface area (Å²) in [7, 11) is 0. The van der Waals surface area contributed by atoms with Crippen molar-refractivity contribution in [2.75, 3.05) is 6.61 Å². The van der Waals surface area contributed by atoms with Crippen molar-refractivity contribution in [3.63, 3.8) is 0 Å². The van der Waals surface area contributed by atoms with E-state index in [0.29, 0.717) is 18.9 Å². The second kappa shape index (κ2) is 14.4. The Morgan fingerprint density at radius 3 is 1.67 bits per heavy atom. The molecule has 0 atom stereocenters. The molecule has 0 N–H and O–H groups in total. The van der Waals surface area contributed by atoms with Gasteiger partial charge in [0.25, 0.3) is 0 Å². The fraction of sp³-hybridized carbons (Fsp3) is 0.947. The average molecular weight is 299 g/mol. The first-order valence-electron chi connectivity index (χ1n) is 9.18. The second-order valence-electron chi connectivity index (χ2n) is 7.19. The molecule has 0 aliphatic rings. The summed E-state index contributed by atoms with van der Waals surface area (Å²) in [5.41, 5.74) is 0. The molecule has 126 valence electrons. The highest BCUT2D eigenvalue weighted by atomic mass is 16.5. The van der Waals surface area contributed by atoms with Crippen molar-refractivity contribution in [2.45, 2.75) is 98.3 Å². The minimum atomic E-state index is -0.0196. The second-order valence-corrected chi connectivity index (χ2v) is 7.19. The van der Waals surface area contributed by atoms with Crippen LogP contribution in [0.1, 0.15) is 98.3 Å². The van der Waals surface area contributed by atoms with Gasteiger partial charge >= 0.3 is 5.97 Å². The Labute approximate surface area is 133 Å². The molecule has 0 spiro atoms. The molecule has 0 saturated carbocycles. The molecule has 0 aromatic rings. The van der Waals surface area contributed by atoms with Gasteiger partial charge in [-0.15, -0.1) is 0 Å². The Morgan fingerprint density at radius 1 is 0.714 bits per heavy atom. The van der Waals surface area contributed by atoms with Crippen LogP contribution in [0.3, 0.4) is 0 Å². The van der Waals surface area contributed by atoms with Crippen molar-refractivity contribution < 1.29 is 9.53 Å². The molecule has 0 aromatic heterocycles. The monoisotopic (exact) mass is 298 g/mol. The van der Waals surface area contributed by atoms with Gasteiger partial charge in [0.15, 0.2) is 0 Å². The van der Waals surface area contributed by atoms with Crippen molar-refractivity contribution in [2.24, 2.45) is 11.8 Å². The molecule has 0 amide bonds. The fourth-order valence-corrected chi connectivity index (χ4v) is 2.39. The van der Waals surface area contributed by atoms with E-state index in [0.717, 1.165) is 12.3 Å². The van der Waals surface area contributed by atoms with Gasteiger partial charge < -0.3 is 4.74 Å². The van der Waals surface area contributed by atoms with Crippen LogP contribution in [0.25, 0.3) is 0 Å². The van der Waals surface area contributed by atoms with Gasteiger partial charge in [-0.25, -0.2) is 0 Å². The lowest BCUT2D eigenvalue weighted by Gasteiger charge is -2.07. The normalized spacial score (nSPS) is 11.3. The smallest absolute Gasteiger partial charge is 0.305 e. The lowest BCUT2D eigenvalue weighted by atomic mass is 10.0. The number of unbranched alkanes of at least 4 members (excludes halogenated alkanes) is 8. The van der Waals surface area contributed by atoms with Crippen LogP contribution in [-0.4, -0.2) is 12.6 Å². The third-order valence-corrected chi connectivity index (χ3v) is 3.74. The van der Waals surface area contributed by atoms with Crippen LogP contribution in [0.4, 0.5) is 0 Å². The predicted octanol–water partition coefficient (Wildman–Crippen LogP) is 6.13. The predicted molar refractivity (Wildman–Crippen MR) is 91.4 cm³/mol. The number of hydrogen-bond acceptors (Lipinski definition) is 2. The van der Waals surface area contributed by atoms with Gasteiger partial charge in [-0.2, -0.15) is 0 Å². The van der Waals surface area contributed by atoms with Crippen LogP contribution in [0.2, 0.25) is 0 Å². The van der Waals surface area contributed by atoms with Gasteiger partial charge in [0, 0.05) is 6.42 Å². The van der Waals surface area contributed by atoms with E-state index in [1.807, 2.05) is 0 Å². The van der Waals surface area contributed by atoms with E-state index in [4.69, 9.17) is 4.74 Å². The minimum absolute atomic E-state index is 0.0196. The Balaban J connectivity index is 3.13. The van der Waals surface area contributed by atoms with Gasteiger partial charge in [0.1, 0.15) is 0 Å². The van der Waals surface area contributed by atoms with E-state index in [2.05, 4.69) is 27.7 Å². The zero-order valence-electron chi connectivity index (χ0n) is 15.0. The highest BCUT2D eigenvalue weighted by molar-refractivity contribution is 5.69. The van der Waals surface area contributed by atoms with E-state index in [1.54, 1.807) is 0 Å². The van der Waals surface area contributed by atoms with E-state index in [-0.39, 0.29) is 5.97 Å². The van der Waals surface area contributed by atoms with Gasteiger partial charge in [0.2, 0.25) is 0 Å². The molecule has 0 radical (unpaired) electrons. The summed E-state index contributed by atoms with van der Waals surface area (Å²) in [4.78, 5) is 11.4. The van der Waals surface area contributed by atoms with Crippen molar-refractivity contribution in [3.8, 4) is 0 Å². The van der Waals surface area contributed by atoms with Crippen molar-refractivity contribution >= 4 is 5.97 Å². The third kappa shape index (κ3) is 17.4. The topological polar surface area (TPSA) is 26.3 Å². The maximum atomic E-state index is 11.4. The fourth-order valence-electron chi connectivity index (χ4n) is 2.39. The van der Waals surface area contributed by atoms with Crippen LogP contribution < -0.4 is 0 Å². The quantitative estimate of drug-likeness (QED) is 0.285. The number of carbonyl (C=O) groups is 1. The number of esters is 1. The zero-order chi connectivity index (χ0) is 15.9. The van der Waals surface area contributed by atoms with E-state index < -0.39 is 0 Å². The van der Waals surface area contributed by atoms with Gasteiger partial charge in [-0.3, -0.25) is 4.79 Å². The maximum Gasteiger partial charge on any atom is 0.305 e. The first-order valence-corrected chi connectivity index (χ1v) is 9.18. The largest absolute Gasteiger partial charge is 0.465 e. The van der Waals surface area contributed by atoms with E-state index in [1.165, 1.54) is 57.8 Å². The minimum Gasteiger partial charge on any atom is -0.465 e. The Kier molecular flexibility index (Phi) is 14.0. The Morgan fingerprint density at radius 2 is 1.19 bits per heavy atom. The molecule has 0 heterocycles. The molecule has 0 fully saturated rings. The molecule has 2 nitrogen and oxygen atoms in total. The van der Waals surface area contributed by atoms with Crippen LogP contribution in [0, 0.1) is 11.8 Å². The molecule has 2 heteroatoms. The zero-order valence-corrected chi connectivity index (χ0v) is 15.0. The summed E-state index contributed by atoms with van der Waals surface area (Å²) in [6.45, 7) is 9.30. The molecule has 21 heavy (non-hydrogen) atoms. The molecule has 0 aliphatic heterocycles. The summed E-state index contributed by atoms with van der Waals surface area (Å²) in [5, 5.41) is 0. The number of hydrogen-bond donors (Lipinski definition) is 0. The molecular formula is C19H38O2. The van der Waals surface area contributed by atoms with E-state index >= 15 is 0 Å². The first-order chi connectivity index (χ1) is 10.0. The summed E-state index contributed by atoms with van der Waals surface area (Å²) in [5.74, 6) is 1.28. The van der Waals surface area contributed by atoms with Crippen LogP contribution in [0.5, 0.6) is 0 Å². The lowest BCUT2D eigenvalue weighted by molar-refractivity contribution is -0.144. The van der Waals surface area contributed by atoms with Crippen molar-refractivity contribution in [1.82, 2.24) is 0 Å². The molecule has 0 aliphatic carbocycles. The SMILES string of the molecule is CC(C)CCCCCCCCCCCC(=O)OCC(C)C. The number of carbonyl (C=O) groups excluding carboxylic acids is 1. The van der Waals surface area contributed by atoms with Crippen LogP contribution >= 0.6 is 0 Å². The summed E-state index contributed by atoms with van der Waals surface area (Å²) in [6.07, 6.45) is 13.7. The van der Waals surface area contributed by atoms with Gasteiger partial charge in [-0.05, 0) is 18.3 Å². The highest BCUT2D eigenvalue weighted by Crippen LogP contribution is 2.13. The van der Waals surface area contributed by atoms with Gasteiger partial charge in [-0.1, -0.05) is 85.5 Å². The molecule has 0 rings (SSSR count). The number of ether oxygens (including phenoxy) is 1.